The Labute approximate surface area is 155 Å². The molecule has 4 nitrogen and oxygen atoms in total. The third kappa shape index (κ3) is 2.99. The summed E-state index contributed by atoms with van der Waals surface area (Å²) >= 11 is 6.23. The summed E-state index contributed by atoms with van der Waals surface area (Å²) in [4.78, 5) is 12.8. The molecular weight excluding hydrogens is 355 g/mol. The molecule has 0 aliphatic heterocycles. The molecule has 132 valence electrons. The first-order chi connectivity index (χ1) is 12.6. The Balaban J connectivity index is 1.56. The molecule has 1 fully saturated rings. The van der Waals surface area contributed by atoms with Gasteiger partial charge in [-0.1, -0.05) is 53.2 Å². The number of benzene rings is 2. The number of carbonyl (C=O) groups excluding carboxylic acids is 1. The molecule has 1 aromatic heterocycles. The summed E-state index contributed by atoms with van der Waals surface area (Å²) in [5, 5.41) is 7.45. The number of aryl methyl sites for hydroxylation is 1. The molecule has 1 amide bonds. The van der Waals surface area contributed by atoms with Gasteiger partial charge in [-0.25, -0.2) is 4.39 Å². The summed E-state index contributed by atoms with van der Waals surface area (Å²) in [6, 6.07) is 13.7. The van der Waals surface area contributed by atoms with Crippen molar-refractivity contribution in [2.24, 2.45) is 0 Å². The lowest BCUT2D eigenvalue weighted by Gasteiger charge is -2.07. The first-order valence-corrected chi connectivity index (χ1v) is 8.70. The van der Waals surface area contributed by atoms with Crippen LogP contribution in [0.5, 0.6) is 0 Å². The number of hydrogen-bond donors (Lipinski definition) is 1. The highest BCUT2D eigenvalue weighted by molar-refractivity contribution is 6.33. The molecule has 1 aliphatic rings. The fourth-order valence-electron chi connectivity index (χ4n) is 3.19. The van der Waals surface area contributed by atoms with E-state index in [2.05, 4.69) is 10.5 Å². The van der Waals surface area contributed by atoms with Gasteiger partial charge in [-0.3, -0.25) is 4.79 Å². The van der Waals surface area contributed by atoms with Crippen molar-refractivity contribution in [1.82, 2.24) is 10.5 Å². The number of nitrogens with one attached hydrogen (secondary N) is 1. The van der Waals surface area contributed by atoms with Gasteiger partial charge in [0.25, 0.3) is 5.91 Å². The minimum atomic E-state index is -0.289. The van der Waals surface area contributed by atoms with Crippen molar-refractivity contribution in [2.75, 3.05) is 0 Å². The van der Waals surface area contributed by atoms with Gasteiger partial charge in [0.05, 0.1) is 5.02 Å². The van der Waals surface area contributed by atoms with E-state index in [9.17, 15) is 9.18 Å². The number of amides is 1. The van der Waals surface area contributed by atoms with Crippen molar-refractivity contribution in [2.45, 2.75) is 25.3 Å². The van der Waals surface area contributed by atoms with Crippen LogP contribution in [0.3, 0.4) is 0 Å². The fourth-order valence-corrected chi connectivity index (χ4v) is 3.42. The van der Waals surface area contributed by atoms with Gasteiger partial charge in [-0.15, -0.1) is 0 Å². The van der Waals surface area contributed by atoms with Crippen LogP contribution >= 0.6 is 11.6 Å². The molecule has 0 radical (unpaired) electrons. The van der Waals surface area contributed by atoms with Crippen LogP contribution in [0.1, 0.15) is 34.0 Å². The van der Waals surface area contributed by atoms with Gasteiger partial charge in [-0.05, 0) is 31.0 Å². The van der Waals surface area contributed by atoms with Gasteiger partial charge in [0.1, 0.15) is 22.8 Å². The lowest BCUT2D eigenvalue weighted by atomic mass is 10.1. The standard InChI is InChI=1S/C20H16ClFN2O2/c1-11-18(19(24-26-11)13-7-2-4-8-15(13)21)20(25)23-17-10-14(17)12-6-3-5-9-16(12)22/h2-9,14,17H,10H2,1H3,(H,23,25)/t14-,17+/m0/s1. The Morgan fingerprint density at radius 1 is 1.23 bits per heavy atom. The fraction of sp³-hybridized carbons (Fsp3) is 0.200. The Hall–Kier alpha value is -2.66. The van der Waals surface area contributed by atoms with Crippen LogP contribution in [0, 0.1) is 12.7 Å². The Bertz CT molecular complexity index is 985. The summed E-state index contributed by atoms with van der Waals surface area (Å²) in [5.74, 6) is -0.126. The number of carbonyl (C=O) groups is 1. The van der Waals surface area contributed by atoms with Crippen LogP contribution in [0.2, 0.25) is 5.02 Å². The molecule has 1 N–H and O–H groups in total. The van der Waals surface area contributed by atoms with Crippen LogP contribution in [0.4, 0.5) is 4.39 Å². The maximum Gasteiger partial charge on any atom is 0.257 e. The van der Waals surface area contributed by atoms with E-state index >= 15 is 0 Å². The topological polar surface area (TPSA) is 55.1 Å². The van der Waals surface area contributed by atoms with Crippen LogP contribution in [0.25, 0.3) is 11.3 Å². The third-order valence-electron chi connectivity index (χ3n) is 4.63. The van der Waals surface area contributed by atoms with E-state index in [0.717, 1.165) is 0 Å². The van der Waals surface area contributed by atoms with Crippen molar-refractivity contribution < 1.29 is 13.7 Å². The first-order valence-electron chi connectivity index (χ1n) is 8.32. The lowest BCUT2D eigenvalue weighted by Crippen LogP contribution is -2.27. The van der Waals surface area contributed by atoms with Gasteiger partial charge in [0.15, 0.2) is 0 Å². The molecule has 0 spiro atoms. The number of hydrogen-bond acceptors (Lipinski definition) is 3. The zero-order chi connectivity index (χ0) is 18.3. The molecule has 2 atom stereocenters. The Morgan fingerprint density at radius 2 is 1.96 bits per heavy atom. The van der Waals surface area contributed by atoms with Gasteiger partial charge in [0, 0.05) is 17.5 Å². The molecule has 1 heterocycles. The van der Waals surface area contributed by atoms with Crippen molar-refractivity contribution in [1.29, 1.82) is 0 Å². The highest BCUT2D eigenvalue weighted by atomic mass is 35.5. The molecule has 3 aromatic rings. The van der Waals surface area contributed by atoms with E-state index < -0.39 is 0 Å². The highest BCUT2D eigenvalue weighted by Crippen LogP contribution is 2.42. The monoisotopic (exact) mass is 370 g/mol. The van der Waals surface area contributed by atoms with E-state index in [1.807, 2.05) is 12.1 Å². The zero-order valence-corrected chi connectivity index (χ0v) is 14.8. The molecule has 1 aliphatic carbocycles. The molecular formula is C20H16ClFN2O2. The smallest absolute Gasteiger partial charge is 0.257 e. The highest BCUT2D eigenvalue weighted by Gasteiger charge is 2.41. The van der Waals surface area contributed by atoms with Crippen molar-refractivity contribution in [3.63, 3.8) is 0 Å². The molecule has 2 aromatic carbocycles. The van der Waals surface area contributed by atoms with E-state index in [0.29, 0.717) is 39.6 Å². The van der Waals surface area contributed by atoms with Gasteiger partial charge in [-0.2, -0.15) is 0 Å². The normalized spacial score (nSPS) is 18.6. The minimum Gasteiger partial charge on any atom is -0.360 e. The zero-order valence-electron chi connectivity index (χ0n) is 14.0. The summed E-state index contributed by atoms with van der Waals surface area (Å²) in [6.07, 6.45) is 0.707. The van der Waals surface area contributed by atoms with E-state index in [4.69, 9.17) is 16.1 Å². The third-order valence-corrected chi connectivity index (χ3v) is 4.96. The Morgan fingerprint density at radius 3 is 2.73 bits per heavy atom. The average molecular weight is 371 g/mol. The van der Waals surface area contributed by atoms with Crippen LogP contribution < -0.4 is 5.32 Å². The van der Waals surface area contributed by atoms with Gasteiger partial charge in [0.2, 0.25) is 0 Å². The van der Waals surface area contributed by atoms with Crippen LogP contribution in [-0.2, 0) is 0 Å². The van der Waals surface area contributed by atoms with Crippen molar-refractivity contribution >= 4 is 17.5 Å². The number of aromatic nitrogens is 1. The van der Waals surface area contributed by atoms with Crippen LogP contribution in [-0.4, -0.2) is 17.1 Å². The molecule has 4 rings (SSSR count). The number of halogens is 2. The second-order valence-electron chi connectivity index (χ2n) is 6.39. The summed E-state index contributed by atoms with van der Waals surface area (Å²) in [6.45, 7) is 1.68. The van der Waals surface area contributed by atoms with Crippen molar-refractivity contribution in [3.05, 3.63) is 76.3 Å². The number of rotatable bonds is 4. The molecule has 6 heteroatoms. The largest absolute Gasteiger partial charge is 0.360 e. The first kappa shape index (κ1) is 16.8. The summed E-state index contributed by atoms with van der Waals surface area (Å²) in [7, 11) is 0. The Kier molecular flexibility index (Phi) is 4.24. The second-order valence-corrected chi connectivity index (χ2v) is 6.79. The summed E-state index contributed by atoms with van der Waals surface area (Å²) < 4.78 is 19.1. The predicted molar refractivity (Wildman–Crippen MR) is 96.7 cm³/mol. The maximum absolute atomic E-state index is 13.9. The summed E-state index contributed by atoms with van der Waals surface area (Å²) in [5.41, 5.74) is 2.04. The van der Waals surface area contributed by atoms with Crippen LogP contribution in [0.15, 0.2) is 53.1 Å². The van der Waals surface area contributed by atoms with E-state index in [1.165, 1.54) is 6.07 Å². The SMILES string of the molecule is Cc1onc(-c2ccccc2Cl)c1C(=O)N[C@@H]1C[C@H]1c1ccccc1F. The van der Waals surface area contributed by atoms with Crippen molar-refractivity contribution in [3.8, 4) is 11.3 Å². The molecule has 0 unspecified atom stereocenters. The van der Waals surface area contributed by atoms with Gasteiger partial charge >= 0.3 is 0 Å². The molecule has 26 heavy (non-hydrogen) atoms. The minimum absolute atomic E-state index is 0.0101. The van der Waals surface area contributed by atoms with E-state index in [-0.39, 0.29) is 23.7 Å². The van der Waals surface area contributed by atoms with E-state index in [1.54, 1.807) is 37.3 Å². The molecule has 1 saturated carbocycles. The molecule has 0 saturated heterocycles. The lowest BCUT2D eigenvalue weighted by molar-refractivity contribution is 0.0949. The second kappa shape index (κ2) is 6.57. The predicted octanol–water partition coefficient (Wildman–Crippen LogP) is 4.73. The number of nitrogens with zero attached hydrogens (tertiary/aromatic N) is 1. The van der Waals surface area contributed by atoms with Gasteiger partial charge < -0.3 is 9.84 Å². The quantitative estimate of drug-likeness (QED) is 0.722. The molecule has 0 bridgehead atoms. The average Bonchev–Trinajstić information content (AvgIpc) is 3.27. The maximum atomic E-state index is 13.9.